The summed E-state index contributed by atoms with van der Waals surface area (Å²) in [5.41, 5.74) is 10.9. The number of allylic oxidation sites excluding steroid dienone is 4. The topological polar surface area (TPSA) is 0 Å². The molecular formula is C59H52Cl2Zr-2. The van der Waals surface area contributed by atoms with Gasteiger partial charge in [0.05, 0.1) is 0 Å². The normalized spacial score (nSPS) is 12.0. The van der Waals surface area contributed by atoms with Gasteiger partial charge >= 0.3 is 145 Å². The first-order chi connectivity index (χ1) is 29.0. The van der Waals surface area contributed by atoms with Crippen LogP contribution >= 0.6 is 0 Å². The Morgan fingerprint density at radius 3 is 1.26 bits per heavy atom. The molecule has 0 radical (unpaired) electrons. The Balaban J connectivity index is 0.000000190. The van der Waals surface area contributed by atoms with Gasteiger partial charge in [0.25, 0.3) is 0 Å². The second kappa shape index (κ2) is 20.0. The molecule has 308 valence electrons. The molecule has 1 aliphatic carbocycles. The predicted octanol–water partition coefficient (Wildman–Crippen LogP) is 10.1. The average Bonchev–Trinajstić information content (AvgIpc) is 3.97. The second-order valence-electron chi connectivity index (χ2n) is 17.8. The first-order valence-corrected chi connectivity index (χ1v) is 22.3. The number of fused-ring (bicyclic) bond motifs is 5. The molecule has 9 aromatic rings. The van der Waals surface area contributed by atoms with Crippen LogP contribution in [0.4, 0.5) is 0 Å². The predicted molar refractivity (Wildman–Crippen MR) is 258 cm³/mol. The molecule has 0 spiro atoms. The zero-order chi connectivity index (χ0) is 41.9. The molecule has 0 saturated heterocycles. The monoisotopic (exact) mass is 920 g/mol. The summed E-state index contributed by atoms with van der Waals surface area (Å²) < 4.78 is 1.42. The molecule has 0 nitrogen and oxygen atoms in total. The van der Waals surface area contributed by atoms with Crippen LogP contribution in [0.15, 0.2) is 194 Å². The third-order valence-corrected chi connectivity index (χ3v) is 12.8. The number of benzene rings is 8. The minimum atomic E-state index is 0. The van der Waals surface area contributed by atoms with E-state index in [4.69, 9.17) is 0 Å². The molecule has 62 heavy (non-hydrogen) atoms. The summed E-state index contributed by atoms with van der Waals surface area (Å²) in [6.07, 6.45) is 10.0. The molecule has 0 N–H and O–H groups in total. The summed E-state index contributed by atoms with van der Waals surface area (Å²) in [5, 5.41) is 10.7. The van der Waals surface area contributed by atoms with Crippen molar-refractivity contribution in [3.8, 4) is 22.3 Å². The SMILES string of the molecule is CC(C)(C)c1cc2c(cc1-c1ccccc1)[cH-]c1cc(-c3ccccc3)c(C(C)(C)C)cc12.[C-]1=CC=CC1.[Cl-].[Cl-].[Zr+2]=[C](c1cccc2ccccc12)c1cccc2ccccc12. The molecule has 0 aromatic heterocycles. The third kappa shape index (κ3) is 10.1. The van der Waals surface area contributed by atoms with Gasteiger partial charge in [0.15, 0.2) is 0 Å². The zero-order valence-corrected chi connectivity index (χ0v) is 40.4. The van der Waals surface area contributed by atoms with Crippen molar-refractivity contribution in [1.29, 1.82) is 0 Å². The zero-order valence-electron chi connectivity index (χ0n) is 36.4. The quantitative estimate of drug-likeness (QED) is 0.154. The summed E-state index contributed by atoms with van der Waals surface area (Å²) in [6, 6.07) is 64.2. The van der Waals surface area contributed by atoms with E-state index in [1.54, 1.807) is 0 Å². The van der Waals surface area contributed by atoms with Crippen molar-refractivity contribution in [2.24, 2.45) is 0 Å². The molecule has 9 aromatic carbocycles. The van der Waals surface area contributed by atoms with Crippen LogP contribution in [0.3, 0.4) is 0 Å². The molecule has 0 amide bonds. The Morgan fingerprint density at radius 1 is 0.484 bits per heavy atom. The van der Waals surface area contributed by atoms with Crippen LogP contribution in [-0.4, -0.2) is 3.21 Å². The van der Waals surface area contributed by atoms with E-state index in [9.17, 15) is 0 Å². The molecule has 10 rings (SSSR count). The second-order valence-corrected chi connectivity index (χ2v) is 19.0. The van der Waals surface area contributed by atoms with E-state index >= 15 is 0 Å². The molecule has 1 aliphatic rings. The molecule has 0 unspecified atom stereocenters. The van der Waals surface area contributed by atoms with Crippen LogP contribution < -0.4 is 24.8 Å². The fourth-order valence-electron chi connectivity index (χ4n) is 8.43. The summed E-state index contributed by atoms with van der Waals surface area (Å²) in [4.78, 5) is 0. The van der Waals surface area contributed by atoms with Crippen molar-refractivity contribution in [2.75, 3.05) is 0 Å². The third-order valence-electron chi connectivity index (χ3n) is 11.5. The average molecular weight is 923 g/mol. The maximum absolute atomic E-state index is 2.99. The minimum absolute atomic E-state index is 0. The van der Waals surface area contributed by atoms with Gasteiger partial charge < -0.3 is 24.8 Å². The van der Waals surface area contributed by atoms with Crippen LogP contribution in [0.1, 0.15) is 70.2 Å². The van der Waals surface area contributed by atoms with Crippen molar-refractivity contribution in [3.63, 3.8) is 0 Å². The van der Waals surface area contributed by atoms with Gasteiger partial charge in [-0.25, -0.2) is 12.2 Å². The first-order valence-electron chi connectivity index (χ1n) is 21.1. The number of hydrogen-bond acceptors (Lipinski definition) is 0. The number of hydrogen-bond donors (Lipinski definition) is 0. The van der Waals surface area contributed by atoms with Gasteiger partial charge in [-0.05, 0) is 44.2 Å². The number of rotatable bonds is 4. The van der Waals surface area contributed by atoms with E-state index in [1.165, 1.54) is 115 Å². The van der Waals surface area contributed by atoms with Crippen molar-refractivity contribution in [2.45, 2.75) is 58.8 Å². The molecule has 0 aliphatic heterocycles. The van der Waals surface area contributed by atoms with Crippen molar-refractivity contribution >= 4 is 46.3 Å². The van der Waals surface area contributed by atoms with E-state index in [0.29, 0.717) is 0 Å². The standard InChI is InChI=1S/C33H33.C21H14.C5H5.2ClH.Zr/c1-32(2,3)30-20-26-24(18-28(30)22-13-9-7-10-14-22)17-25-19-29(23-15-11-8-12-16-23)31(21-27(25)26)33(4,5)6;1-3-13-20-16(7-1)9-5-11-18(20)15-19-12-6-10-17-8-2-4-14-21(17)19;1-2-4-5-3-1;;;/h7-21H,1-6H3;1-14H;1-3H,4H2;2*1H;/q-1;;-1;;;+2/p-2. The van der Waals surface area contributed by atoms with E-state index in [0.717, 1.165) is 6.42 Å². The van der Waals surface area contributed by atoms with Crippen LogP contribution in [0.5, 0.6) is 0 Å². The Hall–Kier alpha value is -5.04. The summed E-state index contributed by atoms with van der Waals surface area (Å²) in [7, 11) is 0. The van der Waals surface area contributed by atoms with Gasteiger partial charge in [-0.3, -0.25) is 6.08 Å². The molecule has 3 heteroatoms. The Bertz CT molecular complexity index is 2810. The van der Waals surface area contributed by atoms with Crippen LogP contribution in [0, 0.1) is 6.08 Å². The van der Waals surface area contributed by atoms with Gasteiger partial charge in [-0.1, -0.05) is 114 Å². The molecule has 0 fully saturated rings. The van der Waals surface area contributed by atoms with E-state index in [-0.39, 0.29) is 35.6 Å². The van der Waals surface area contributed by atoms with E-state index in [1.807, 2.05) is 12.2 Å². The van der Waals surface area contributed by atoms with Gasteiger partial charge in [0, 0.05) is 0 Å². The molecule has 0 heterocycles. The fraction of sp³-hybridized carbons (Fsp3) is 0.153. The van der Waals surface area contributed by atoms with Gasteiger partial charge in [0.2, 0.25) is 0 Å². The van der Waals surface area contributed by atoms with Crippen molar-refractivity contribution < 1.29 is 49.0 Å². The first kappa shape index (κ1) is 46.5. The Kier molecular flexibility index (Phi) is 15.0. The number of halogens is 2. The van der Waals surface area contributed by atoms with Gasteiger partial charge in [-0.15, -0.1) is 46.2 Å². The van der Waals surface area contributed by atoms with Crippen LogP contribution in [-0.2, 0) is 35.1 Å². The van der Waals surface area contributed by atoms with Crippen LogP contribution in [0.2, 0.25) is 0 Å². The van der Waals surface area contributed by atoms with E-state index < -0.39 is 0 Å². The van der Waals surface area contributed by atoms with Gasteiger partial charge in [0.1, 0.15) is 0 Å². The maximum atomic E-state index is 2.99. The van der Waals surface area contributed by atoms with Crippen molar-refractivity contribution in [3.05, 3.63) is 222 Å². The molecule has 0 atom stereocenters. The Morgan fingerprint density at radius 2 is 0.887 bits per heavy atom. The summed E-state index contributed by atoms with van der Waals surface area (Å²) in [5.74, 6) is 0. The summed E-state index contributed by atoms with van der Waals surface area (Å²) in [6.45, 7) is 13.9. The van der Waals surface area contributed by atoms with Gasteiger partial charge in [-0.2, -0.15) is 6.08 Å². The summed E-state index contributed by atoms with van der Waals surface area (Å²) >= 11 is 1.44. The molecule has 0 saturated carbocycles. The molecule has 0 bridgehead atoms. The fourth-order valence-corrected chi connectivity index (χ4v) is 9.50. The Labute approximate surface area is 395 Å². The van der Waals surface area contributed by atoms with Crippen LogP contribution in [0.25, 0.3) is 65.3 Å². The van der Waals surface area contributed by atoms with Crippen molar-refractivity contribution in [1.82, 2.24) is 0 Å². The molecular weight excluding hydrogens is 871 g/mol. The van der Waals surface area contributed by atoms with E-state index in [2.05, 4.69) is 230 Å².